The second kappa shape index (κ2) is 5.22. The highest BCUT2D eigenvalue weighted by molar-refractivity contribution is 5.75. The summed E-state index contributed by atoms with van der Waals surface area (Å²) in [6.07, 6.45) is 1.75. The average Bonchev–Trinajstić information content (AvgIpc) is 2.90. The first-order valence-corrected chi connectivity index (χ1v) is 6.33. The summed E-state index contributed by atoms with van der Waals surface area (Å²) in [5, 5.41) is 10.9. The third-order valence-electron chi connectivity index (χ3n) is 3.29. The van der Waals surface area contributed by atoms with E-state index in [9.17, 15) is 10.1 Å². The number of aromatic nitrogens is 2. The number of para-hydroxylation sites is 2. The molecule has 21 heavy (non-hydrogen) atoms. The molecule has 0 aliphatic heterocycles. The Morgan fingerprint density at radius 1 is 1.29 bits per heavy atom. The van der Waals surface area contributed by atoms with E-state index in [0.29, 0.717) is 12.2 Å². The molecule has 3 rings (SSSR count). The Hall–Kier alpha value is -2.93. The number of hydrogen-bond donors (Lipinski definition) is 2. The first kappa shape index (κ1) is 13.1. The first-order chi connectivity index (χ1) is 10.2. The minimum Gasteiger partial charge on any atom is -0.326 e. The molecule has 0 aliphatic rings. The van der Waals surface area contributed by atoms with Crippen LogP contribution in [0.1, 0.15) is 5.56 Å². The standard InChI is InChI=1S/C14H13N5O2/c15-17-12-7-10(5-6-14(12)19(20)21)8-18-9-16-11-3-1-2-4-13(11)18/h1-7,9,17H,8,15H2. The number of nitrogens with two attached hydrogens (primary N) is 1. The van der Waals surface area contributed by atoms with E-state index in [1.807, 2.05) is 28.8 Å². The number of anilines is 1. The lowest BCUT2D eigenvalue weighted by atomic mass is 10.1. The fraction of sp³-hybridized carbons (Fsp3) is 0.0714. The largest absolute Gasteiger partial charge is 0.326 e. The van der Waals surface area contributed by atoms with Gasteiger partial charge >= 0.3 is 0 Å². The lowest BCUT2D eigenvalue weighted by molar-refractivity contribution is -0.384. The van der Waals surface area contributed by atoms with Gasteiger partial charge in [-0.2, -0.15) is 0 Å². The smallest absolute Gasteiger partial charge is 0.293 e. The highest BCUT2D eigenvalue weighted by Crippen LogP contribution is 2.25. The van der Waals surface area contributed by atoms with Crippen molar-refractivity contribution in [3.63, 3.8) is 0 Å². The highest BCUT2D eigenvalue weighted by atomic mass is 16.6. The number of nitro groups is 1. The maximum atomic E-state index is 10.9. The minimum atomic E-state index is -0.467. The molecule has 0 aliphatic carbocycles. The van der Waals surface area contributed by atoms with Gasteiger partial charge in [-0.25, -0.2) is 4.98 Å². The molecule has 0 amide bonds. The summed E-state index contributed by atoms with van der Waals surface area (Å²) in [7, 11) is 0. The van der Waals surface area contributed by atoms with Crippen molar-refractivity contribution in [3.05, 3.63) is 64.5 Å². The van der Waals surface area contributed by atoms with Gasteiger partial charge in [-0.1, -0.05) is 18.2 Å². The molecule has 106 valence electrons. The van der Waals surface area contributed by atoms with Crippen molar-refractivity contribution in [1.29, 1.82) is 0 Å². The van der Waals surface area contributed by atoms with E-state index in [1.54, 1.807) is 18.5 Å². The molecule has 7 heteroatoms. The van der Waals surface area contributed by atoms with Crippen molar-refractivity contribution in [2.75, 3.05) is 5.43 Å². The van der Waals surface area contributed by atoms with Crippen LogP contribution in [0.5, 0.6) is 0 Å². The van der Waals surface area contributed by atoms with Crippen LogP contribution in [0.3, 0.4) is 0 Å². The molecule has 0 spiro atoms. The van der Waals surface area contributed by atoms with E-state index in [-0.39, 0.29) is 5.69 Å². The number of nitrogens with one attached hydrogen (secondary N) is 1. The van der Waals surface area contributed by atoms with Crippen molar-refractivity contribution < 1.29 is 4.92 Å². The Labute approximate surface area is 120 Å². The number of benzene rings is 2. The van der Waals surface area contributed by atoms with Crippen LogP contribution in [-0.4, -0.2) is 14.5 Å². The molecular formula is C14H13N5O2. The van der Waals surface area contributed by atoms with Gasteiger partial charge in [0.25, 0.3) is 5.69 Å². The minimum absolute atomic E-state index is 0.0447. The summed E-state index contributed by atoms with van der Waals surface area (Å²) >= 11 is 0. The Kier molecular flexibility index (Phi) is 3.25. The monoisotopic (exact) mass is 283 g/mol. The van der Waals surface area contributed by atoms with Crippen molar-refractivity contribution in [3.8, 4) is 0 Å². The van der Waals surface area contributed by atoms with Gasteiger partial charge in [0.05, 0.1) is 22.3 Å². The van der Waals surface area contributed by atoms with Gasteiger partial charge in [0.1, 0.15) is 5.69 Å². The van der Waals surface area contributed by atoms with E-state index >= 15 is 0 Å². The Bertz CT molecular complexity index is 812. The molecule has 1 heterocycles. The molecule has 0 radical (unpaired) electrons. The molecule has 0 fully saturated rings. The summed E-state index contributed by atoms with van der Waals surface area (Å²) in [4.78, 5) is 14.7. The van der Waals surface area contributed by atoms with Crippen LogP contribution in [0, 0.1) is 10.1 Å². The molecule has 2 aromatic carbocycles. The van der Waals surface area contributed by atoms with Crippen molar-refractivity contribution in [2.45, 2.75) is 6.54 Å². The number of hydrogen-bond acceptors (Lipinski definition) is 5. The van der Waals surface area contributed by atoms with Gasteiger partial charge in [-0.05, 0) is 23.8 Å². The SMILES string of the molecule is NNc1cc(Cn2cnc3ccccc32)ccc1[N+](=O)[O-]. The second-order valence-corrected chi connectivity index (χ2v) is 4.61. The predicted molar refractivity (Wildman–Crippen MR) is 79.7 cm³/mol. The van der Waals surface area contributed by atoms with Crippen LogP contribution in [0.4, 0.5) is 11.4 Å². The number of nitrogens with zero attached hydrogens (tertiary/aromatic N) is 3. The van der Waals surface area contributed by atoms with E-state index in [2.05, 4.69) is 10.4 Å². The zero-order valence-corrected chi connectivity index (χ0v) is 11.1. The van der Waals surface area contributed by atoms with Crippen LogP contribution >= 0.6 is 0 Å². The van der Waals surface area contributed by atoms with Gasteiger partial charge in [-0.15, -0.1) is 0 Å². The lowest BCUT2D eigenvalue weighted by Crippen LogP contribution is -2.10. The third-order valence-corrected chi connectivity index (χ3v) is 3.29. The molecule has 0 atom stereocenters. The highest BCUT2D eigenvalue weighted by Gasteiger charge is 2.13. The Morgan fingerprint density at radius 3 is 2.86 bits per heavy atom. The topological polar surface area (TPSA) is 99.0 Å². The summed E-state index contributed by atoms with van der Waals surface area (Å²) in [6, 6.07) is 12.6. The number of imidazole rings is 1. The number of nitro benzene ring substituents is 1. The Balaban J connectivity index is 1.96. The van der Waals surface area contributed by atoms with Crippen molar-refractivity contribution >= 4 is 22.4 Å². The van der Waals surface area contributed by atoms with Gasteiger partial charge in [-0.3, -0.25) is 16.0 Å². The third kappa shape index (κ3) is 2.41. The summed E-state index contributed by atoms with van der Waals surface area (Å²) in [5.41, 5.74) is 5.44. The number of rotatable bonds is 4. The molecule has 3 aromatic rings. The van der Waals surface area contributed by atoms with E-state index < -0.39 is 4.92 Å². The van der Waals surface area contributed by atoms with E-state index in [1.165, 1.54) is 6.07 Å². The quantitative estimate of drug-likeness (QED) is 0.435. The van der Waals surface area contributed by atoms with Gasteiger partial charge < -0.3 is 9.99 Å². The number of fused-ring (bicyclic) bond motifs is 1. The molecular weight excluding hydrogens is 270 g/mol. The number of hydrazine groups is 1. The molecule has 7 nitrogen and oxygen atoms in total. The lowest BCUT2D eigenvalue weighted by Gasteiger charge is -2.07. The second-order valence-electron chi connectivity index (χ2n) is 4.61. The van der Waals surface area contributed by atoms with Gasteiger partial charge in [0.2, 0.25) is 0 Å². The van der Waals surface area contributed by atoms with Gasteiger partial charge in [0, 0.05) is 12.6 Å². The zero-order chi connectivity index (χ0) is 14.8. The average molecular weight is 283 g/mol. The van der Waals surface area contributed by atoms with Gasteiger partial charge in [0.15, 0.2) is 0 Å². The van der Waals surface area contributed by atoms with Crippen molar-refractivity contribution in [2.24, 2.45) is 5.84 Å². The molecule has 0 saturated carbocycles. The predicted octanol–water partition coefficient (Wildman–Crippen LogP) is 2.28. The molecule has 0 saturated heterocycles. The van der Waals surface area contributed by atoms with Crippen LogP contribution in [-0.2, 0) is 6.54 Å². The fourth-order valence-corrected chi connectivity index (χ4v) is 2.29. The summed E-state index contributed by atoms with van der Waals surface area (Å²) in [6.45, 7) is 0.563. The maximum Gasteiger partial charge on any atom is 0.293 e. The maximum absolute atomic E-state index is 10.9. The normalized spacial score (nSPS) is 10.7. The van der Waals surface area contributed by atoms with E-state index in [0.717, 1.165) is 16.6 Å². The van der Waals surface area contributed by atoms with Crippen LogP contribution < -0.4 is 11.3 Å². The van der Waals surface area contributed by atoms with Crippen molar-refractivity contribution in [1.82, 2.24) is 9.55 Å². The van der Waals surface area contributed by atoms with Crippen LogP contribution in [0.25, 0.3) is 11.0 Å². The Morgan fingerprint density at radius 2 is 2.10 bits per heavy atom. The molecule has 0 unspecified atom stereocenters. The van der Waals surface area contributed by atoms with E-state index in [4.69, 9.17) is 5.84 Å². The first-order valence-electron chi connectivity index (χ1n) is 6.33. The molecule has 3 N–H and O–H groups in total. The number of nitrogen functional groups attached to an aromatic ring is 1. The molecule has 1 aromatic heterocycles. The zero-order valence-electron chi connectivity index (χ0n) is 11.1. The summed E-state index contributed by atoms with van der Waals surface area (Å²) < 4.78 is 1.98. The fourth-order valence-electron chi connectivity index (χ4n) is 2.29. The van der Waals surface area contributed by atoms with Crippen LogP contribution in [0.2, 0.25) is 0 Å². The summed E-state index contributed by atoms with van der Waals surface area (Å²) in [5.74, 6) is 5.35. The molecule has 0 bridgehead atoms. The van der Waals surface area contributed by atoms with Crippen LogP contribution in [0.15, 0.2) is 48.8 Å².